The topological polar surface area (TPSA) is 55.6 Å². The van der Waals surface area contributed by atoms with E-state index in [1.54, 1.807) is 12.4 Å². The van der Waals surface area contributed by atoms with E-state index in [9.17, 15) is 0 Å². The molecule has 5 heteroatoms. The third-order valence-corrected chi connectivity index (χ3v) is 3.61. The van der Waals surface area contributed by atoms with E-state index in [4.69, 9.17) is 0 Å². The molecule has 0 aliphatic heterocycles. The van der Waals surface area contributed by atoms with Crippen LogP contribution in [0.3, 0.4) is 0 Å². The number of nitrogens with zero attached hydrogens (tertiary/aromatic N) is 4. The van der Waals surface area contributed by atoms with Crippen molar-refractivity contribution in [2.45, 2.75) is 25.9 Å². The molecule has 5 nitrogen and oxygen atoms in total. The predicted molar refractivity (Wildman–Crippen MR) is 83.0 cm³/mol. The van der Waals surface area contributed by atoms with Crippen LogP contribution in [0, 0.1) is 0 Å². The number of hydrogen-bond acceptors (Lipinski definition) is 4. The molecule has 1 aromatic carbocycles. The van der Waals surface area contributed by atoms with Crippen LogP contribution in [0.2, 0.25) is 0 Å². The Morgan fingerprint density at radius 3 is 2.81 bits per heavy atom. The molecule has 0 amide bonds. The van der Waals surface area contributed by atoms with Crippen molar-refractivity contribution in [1.29, 1.82) is 0 Å². The Kier molecular flexibility index (Phi) is 3.92. The first kappa shape index (κ1) is 13.7. The van der Waals surface area contributed by atoms with Crippen LogP contribution >= 0.6 is 0 Å². The lowest BCUT2D eigenvalue weighted by Gasteiger charge is -2.19. The summed E-state index contributed by atoms with van der Waals surface area (Å²) in [6.45, 7) is 3.07. The number of para-hydroxylation sites is 1. The largest absolute Gasteiger partial charge is 0.308 e. The standard InChI is InChI=1S/C16H19N5/c1-3-11-21-14(7-8-20-21)16(17-2)12-5-4-6-13-15(12)19-10-9-18-13/h4-10,16-17H,3,11H2,1-2H3. The van der Waals surface area contributed by atoms with Crippen molar-refractivity contribution in [3.8, 4) is 0 Å². The first-order valence-corrected chi connectivity index (χ1v) is 7.23. The Hall–Kier alpha value is -2.27. The highest BCUT2D eigenvalue weighted by molar-refractivity contribution is 5.78. The maximum atomic E-state index is 4.50. The van der Waals surface area contributed by atoms with Crippen LogP contribution in [-0.4, -0.2) is 26.8 Å². The number of aryl methyl sites for hydroxylation is 1. The molecule has 0 spiro atoms. The van der Waals surface area contributed by atoms with Gasteiger partial charge in [-0.2, -0.15) is 5.10 Å². The summed E-state index contributed by atoms with van der Waals surface area (Å²) in [6, 6.07) is 8.23. The lowest BCUT2D eigenvalue weighted by Crippen LogP contribution is -2.22. The summed E-state index contributed by atoms with van der Waals surface area (Å²) in [5, 5.41) is 7.80. The normalized spacial score (nSPS) is 12.7. The number of benzene rings is 1. The minimum atomic E-state index is 0.0550. The lowest BCUT2D eigenvalue weighted by atomic mass is 10.0. The molecular weight excluding hydrogens is 262 g/mol. The quantitative estimate of drug-likeness (QED) is 0.781. The smallest absolute Gasteiger partial charge is 0.0938 e. The van der Waals surface area contributed by atoms with Crippen molar-refractivity contribution in [2.24, 2.45) is 0 Å². The van der Waals surface area contributed by atoms with Gasteiger partial charge in [-0.3, -0.25) is 14.6 Å². The van der Waals surface area contributed by atoms with Gasteiger partial charge in [0, 0.05) is 30.7 Å². The fourth-order valence-electron chi connectivity index (χ4n) is 2.70. The number of aromatic nitrogens is 4. The highest BCUT2D eigenvalue weighted by Gasteiger charge is 2.19. The predicted octanol–water partition coefficient (Wildman–Crippen LogP) is 2.55. The molecule has 2 aromatic heterocycles. The fraction of sp³-hybridized carbons (Fsp3) is 0.312. The number of fused-ring (bicyclic) bond motifs is 1. The molecule has 0 saturated carbocycles. The maximum Gasteiger partial charge on any atom is 0.0938 e. The summed E-state index contributed by atoms with van der Waals surface area (Å²) in [7, 11) is 1.96. The minimum absolute atomic E-state index is 0.0550. The van der Waals surface area contributed by atoms with Gasteiger partial charge in [0.25, 0.3) is 0 Å². The van der Waals surface area contributed by atoms with E-state index >= 15 is 0 Å². The molecule has 2 heterocycles. The van der Waals surface area contributed by atoms with E-state index < -0.39 is 0 Å². The minimum Gasteiger partial charge on any atom is -0.308 e. The molecule has 3 rings (SSSR count). The Morgan fingerprint density at radius 1 is 1.14 bits per heavy atom. The van der Waals surface area contributed by atoms with Gasteiger partial charge < -0.3 is 5.32 Å². The fourth-order valence-corrected chi connectivity index (χ4v) is 2.70. The second kappa shape index (κ2) is 6.01. The van der Waals surface area contributed by atoms with Crippen LogP contribution in [0.15, 0.2) is 42.9 Å². The van der Waals surface area contributed by atoms with Crippen LogP contribution in [0.25, 0.3) is 11.0 Å². The van der Waals surface area contributed by atoms with E-state index in [2.05, 4.69) is 44.1 Å². The van der Waals surface area contributed by atoms with E-state index in [1.807, 2.05) is 25.4 Å². The number of rotatable bonds is 5. The van der Waals surface area contributed by atoms with Gasteiger partial charge >= 0.3 is 0 Å². The van der Waals surface area contributed by atoms with Gasteiger partial charge in [-0.25, -0.2) is 0 Å². The van der Waals surface area contributed by atoms with Crippen molar-refractivity contribution in [3.63, 3.8) is 0 Å². The van der Waals surface area contributed by atoms with E-state index in [-0.39, 0.29) is 6.04 Å². The summed E-state index contributed by atoms with van der Waals surface area (Å²) in [4.78, 5) is 8.89. The zero-order valence-corrected chi connectivity index (χ0v) is 12.3. The second-order valence-corrected chi connectivity index (χ2v) is 4.97. The van der Waals surface area contributed by atoms with Gasteiger partial charge in [-0.15, -0.1) is 0 Å². The summed E-state index contributed by atoms with van der Waals surface area (Å²) in [6.07, 6.45) is 6.37. The first-order chi connectivity index (χ1) is 10.3. The SMILES string of the molecule is CCCn1nccc1C(NC)c1cccc2nccnc12. The molecule has 21 heavy (non-hydrogen) atoms. The number of hydrogen-bond donors (Lipinski definition) is 1. The zero-order valence-electron chi connectivity index (χ0n) is 12.3. The van der Waals surface area contributed by atoms with Crippen molar-refractivity contribution in [3.05, 3.63) is 54.1 Å². The summed E-state index contributed by atoms with van der Waals surface area (Å²) in [5.41, 5.74) is 4.12. The second-order valence-electron chi connectivity index (χ2n) is 4.97. The molecular formula is C16H19N5. The van der Waals surface area contributed by atoms with Crippen LogP contribution < -0.4 is 5.32 Å². The van der Waals surface area contributed by atoms with Crippen LogP contribution in [0.5, 0.6) is 0 Å². The van der Waals surface area contributed by atoms with E-state index in [1.165, 1.54) is 0 Å². The Bertz CT molecular complexity index is 729. The molecule has 1 unspecified atom stereocenters. The van der Waals surface area contributed by atoms with Crippen LogP contribution in [-0.2, 0) is 6.54 Å². The molecule has 1 N–H and O–H groups in total. The summed E-state index contributed by atoms with van der Waals surface area (Å²) < 4.78 is 2.05. The van der Waals surface area contributed by atoms with Crippen LogP contribution in [0.4, 0.5) is 0 Å². The molecule has 0 fully saturated rings. The molecule has 0 saturated heterocycles. The Balaban J connectivity index is 2.12. The van der Waals surface area contributed by atoms with Gasteiger partial charge in [0.05, 0.1) is 22.8 Å². The van der Waals surface area contributed by atoms with Crippen molar-refractivity contribution >= 4 is 11.0 Å². The van der Waals surface area contributed by atoms with Gasteiger partial charge in [-0.1, -0.05) is 19.1 Å². The maximum absolute atomic E-state index is 4.50. The molecule has 0 aliphatic rings. The highest BCUT2D eigenvalue weighted by Crippen LogP contribution is 2.26. The van der Waals surface area contributed by atoms with Gasteiger partial charge in [0.15, 0.2) is 0 Å². The number of nitrogens with one attached hydrogen (secondary N) is 1. The molecule has 108 valence electrons. The van der Waals surface area contributed by atoms with Gasteiger partial charge in [-0.05, 0) is 25.6 Å². The third-order valence-electron chi connectivity index (χ3n) is 3.61. The highest BCUT2D eigenvalue weighted by atomic mass is 15.3. The average molecular weight is 281 g/mol. The molecule has 0 bridgehead atoms. The summed E-state index contributed by atoms with van der Waals surface area (Å²) in [5.74, 6) is 0. The Labute approximate surface area is 124 Å². The average Bonchev–Trinajstić information content (AvgIpc) is 2.97. The van der Waals surface area contributed by atoms with Crippen molar-refractivity contribution in [2.75, 3.05) is 7.05 Å². The van der Waals surface area contributed by atoms with Crippen molar-refractivity contribution < 1.29 is 0 Å². The van der Waals surface area contributed by atoms with E-state index in [0.29, 0.717) is 0 Å². The third kappa shape index (κ3) is 2.52. The summed E-state index contributed by atoms with van der Waals surface area (Å²) >= 11 is 0. The molecule has 0 aliphatic carbocycles. The molecule has 0 radical (unpaired) electrons. The van der Waals surface area contributed by atoms with Gasteiger partial charge in [0.1, 0.15) is 0 Å². The monoisotopic (exact) mass is 281 g/mol. The molecule has 1 atom stereocenters. The van der Waals surface area contributed by atoms with Crippen LogP contribution in [0.1, 0.15) is 30.6 Å². The lowest BCUT2D eigenvalue weighted by molar-refractivity contribution is 0.535. The van der Waals surface area contributed by atoms with E-state index in [0.717, 1.165) is 35.3 Å². The van der Waals surface area contributed by atoms with Gasteiger partial charge in [0.2, 0.25) is 0 Å². The Morgan fingerprint density at radius 2 is 2.00 bits per heavy atom. The zero-order chi connectivity index (χ0) is 14.7. The van der Waals surface area contributed by atoms with Crippen molar-refractivity contribution in [1.82, 2.24) is 25.1 Å². The first-order valence-electron chi connectivity index (χ1n) is 7.23. The molecule has 3 aromatic rings.